The van der Waals surface area contributed by atoms with Crippen LogP contribution in [0.15, 0.2) is 46.9 Å². The van der Waals surface area contributed by atoms with E-state index in [2.05, 4.69) is 15.9 Å². The molecule has 0 aliphatic heterocycles. The molecule has 0 heterocycles. The normalized spacial score (nSPS) is 14.1. The van der Waals surface area contributed by atoms with Crippen LogP contribution in [0.5, 0.6) is 0 Å². The van der Waals surface area contributed by atoms with E-state index in [1.165, 1.54) is 0 Å². The van der Waals surface area contributed by atoms with E-state index in [1.54, 1.807) is 0 Å². The van der Waals surface area contributed by atoms with Gasteiger partial charge >= 0.3 is 0 Å². The first-order valence-electron chi connectivity index (χ1n) is 6.42. The van der Waals surface area contributed by atoms with Gasteiger partial charge in [0.05, 0.1) is 6.10 Å². The molecule has 2 aromatic carbocycles. The van der Waals surface area contributed by atoms with Crippen molar-refractivity contribution < 1.29 is 5.11 Å². The highest BCUT2D eigenvalue weighted by molar-refractivity contribution is 9.10. The molecule has 0 saturated carbocycles. The summed E-state index contributed by atoms with van der Waals surface area (Å²) in [6.07, 6.45) is -0.648. The number of benzene rings is 2. The van der Waals surface area contributed by atoms with Gasteiger partial charge < -0.3 is 10.8 Å². The summed E-state index contributed by atoms with van der Waals surface area (Å²) in [5.41, 5.74) is 8.75. The second kappa shape index (κ2) is 6.72. The van der Waals surface area contributed by atoms with Gasteiger partial charge in [-0.2, -0.15) is 0 Å². The van der Waals surface area contributed by atoms with Crippen LogP contribution < -0.4 is 5.73 Å². The molecule has 0 amide bonds. The van der Waals surface area contributed by atoms with Gasteiger partial charge in [-0.15, -0.1) is 0 Å². The van der Waals surface area contributed by atoms with Crippen molar-refractivity contribution in [3.8, 4) is 0 Å². The monoisotopic (exact) mass is 353 g/mol. The zero-order chi connectivity index (χ0) is 14.7. The summed E-state index contributed by atoms with van der Waals surface area (Å²) in [7, 11) is 0. The second-order valence-corrected chi connectivity index (χ2v) is 6.14. The van der Waals surface area contributed by atoms with Crippen molar-refractivity contribution in [2.75, 3.05) is 6.54 Å². The predicted molar refractivity (Wildman–Crippen MR) is 87.1 cm³/mol. The number of rotatable bonds is 4. The third kappa shape index (κ3) is 3.41. The lowest BCUT2D eigenvalue weighted by atomic mass is 9.89. The van der Waals surface area contributed by atoms with Gasteiger partial charge in [0, 0.05) is 22.0 Å². The summed E-state index contributed by atoms with van der Waals surface area (Å²) in [5, 5.41) is 11.3. The molecule has 0 aliphatic rings. The Morgan fingerprint density at radius 3 is 2.55 bits per heavy atom. The quantitative estimate of drug-likeness (QED) is 0.865. The first-order chi connectivity index (χ1) is 9.52. The van der Waals surface area contributed by atoms with Crippen molar-refractivity contribution in [2.24, 2.45) is 5.73 Å². The molecule has 2 nitrogen and oxygen atoms in total. The van der Waals surface area contributed by atoms with E-state index in [0.717, 1.165) is 21.2 Å². The smallest absolute Gasteiger partial charge is 0.0870 e. The first-order valence-corrected chi connectivity index (χ1v) is 7.59. The van der Waals surface area contributed by atoms with E-state index in [1.807, 2.05) is 49.4 Å². The van der Waals surface area contributed by atoms with Crippen LogP contribution in [0.4, 0.5) is 0 Å². The number of aryl methyl sites for hydroxylation is 1. The fourth-order valence-corrected chi connectivity index (χ4v) is 2.71. The van der Waals surface area contributed by atoms with Crippen LogP contribution >= 0.6 is 27.5 Å². The van der Waals surface area contributed by atoms with Gasteiger partial charge in [-0.25, -0.2) is 0 Å². The summed E-state index contributed by atoms with van der Waals surface area (Å²) < 4.78 is 1.03. The molecule has 106 valence electrons. The summed E-state index contributed by atoms with van der Waals surface area (Å²) >= 11 is 9.48. The van der Waals surface area contributed by atoms with Crippen LogP contribution in [-0.2, 0) is 0 Å². The molecule has 0 bridgehead atoms. The van der Waals surface area contributed by atoms with Crippen LogP contribution in [0.1, 0.15) is 28.7 Å². The van der Waals surface area contributed by atoms with Crippen LogP contribution in [0.3, 0.4) is 0 Å². The van der Waals surface area contributed by atoms with Gasteiger partial charge in [-0.3, -0.25) is 0 Å². The van der Waals surface area contributed by atoms with Crippen molar-refractivity contribution in [2.45, 2.75) is 18.9 Å². The van der Waals surface area contributed by atoms with Crippen molar-refractivity contribution >= 4 is 27.5 Å². The van der Waals surface area contributed by atoms with Crippen LogP contribution in [0.25, 0.3) is 0 Å². The molecule has 0 spiro atoms. The highest BCUT2D eigenvalue weighted by Gasteiger charge is 2.22. The van der Waals surface area contributed by atoms with E-state index >= 15 is 0 Å². The Bertz CT molecular complexity index is 603. The van der Waals surface area contributed by atoms with E-state index in [-0.39, 0.29) is 5.92 Å². The number of nitrogens with two attached hydrogens (primary N) is 1. The molecule has 20 heavy (non-hydrogen) atoms. The van der Waals surface area contributed by atoms with E-state index in [9.17, 15) is 5.11 Å². The molecule has 0 saturated heterocycles. The first kappa shape index (κ1) is 15.5. The van der Waals surface area contributed by atoms with Crippen molar-refractivity contribution in [1.82, 2.24) is 0 Å². The van der Waals surface area contributed by atoms with Gasteiger partial charge in [-0.1, -0.05) is 51.8 Å². The zero-order valence-electron chi connectivity index (χ0n) is 11.2. The topological polar surface area (TPSA) is 46.2 Å². The molecule has 3 N–H and O–H groups in total. The molecule has 2 rings (SSSR count). The molecule has 0 aliphatic carbocycles. The Balaban J connectivity index is 2.33. The lowest BCUT2D eigenvalue weighted by Crippen LogP contribution is -2.20. The number of aliphatic hydroxyl groups excluding tert-OH is 1. The van der Waals surface area contributed by atoms with Crippen molar-refractivity contribution in [1.29, 1.82) is 0 Å². The highest BCUT2D eigenvalue weighted by Crippen LogP contribution is 2.32. The average Bonchev–Trinajstić information content (AvgIpc) is 2.42. The predicted octanol–water partition coefficient (Wildman–Crippen LogP) is 4.19. The summed E-state index contributed by atoms with van der Waals surface area (Å²) in [5.74, 6) is -0.172. The molecular weight excluding hydrogens is 338 g/mol. The zero-order valence-corrected chi connectivity index (χ0v) is 13.5. The van der Waals surface area contributed by atoms with Crippen molar-refractivity contribution in [3.63, 3.8) is 0 Å². The number of aliphatic hydroxyl groups is 1. The molecule has 2 unspecified atom stereocenters. The summed E-state index contributed by atoms with van der Waals surface area (Å²) in [6, 6.07) is 13.3. The molecular formula is C16H17BrClNO. The third-order valence-electron chi connectivity index (χ3n) is 3.44. The Kier molecular flexibility index (Phi) is 5.22. The number of halogens is 2. The molecule has 0 radical (unpaired) electrons. The Labute approximate surface area is 132 Å². The minimum atomic E-state index is -0.648. The highest BCUT2D eigenvalue weighted by atomic mass is 79.9. The van der Waals surface area contributed by atoms with Gasteiger partial charge in [-0.05, 0) is 41.8 Å². The standard InChI is InChI=1S/C16H17BrClNO/c1-10-7-12(5-6-15(10)17)16(20)14(9-19)11-3-2-4-13(18)8-11/h2-8,14,16,20H,9,19H2,1H3. The molecule has 0 aromatic heterocycles. The minimum Gasteiger partial charge on any atom is -0.388 e. The average molecular weight is 355 g/mol. The maximum absolute atomic E-state index is 10.6. The van der Waals surface area contributed by atoms with Gasteiger partial charge in [0.25, 0.3) is 0 Å². The molecule has 2 atom stereocenters. The van der Waals surface area contributed by atoms with E-state index < -0.39 is 6.10 Å². The van der Waals surface area contributed by atoms with Gasteiger partial charge in [0.15, 0.2) is 0 Å². The lowest BCUT2D eigenvalue weighted by molar-refractivity contribution is 0.147. The molecule has 4 heteroatoms. The third-order valence-corrected chi connectivity index (χ3v) is 4.56. The Morgan fingerprint density at radius 1 is 1.20 bits per heavy atom. The summed E-state index contributed by atoms with van der Waals surface area (Å²) in [6.45, 7) is 2.35. The maximum Gasteiger partial charge on any atom is 0.0870 e. The fraction of sp³-hybridized carbons (Fsp3) is 0.250. The Hall–Kier alpha value is -0.870. The molecule has 0 fully saturated rings. The second-order valence-electron chi connectivity index (χ2n) is 4.85. The fourth-order valence-electron chi connectivity index (χ4n) is 2.27. The van der Waals surface area contributed by atoms with E-state index in [4.69, 9.17) is 17.3 Å². The number of hydrogen-bond donors (Lipinski definition) is 2. The van der Waals surface area contributed by atoms with E-state index in [0.29, 0.717) is 11.6 Å². The molecule has 2 aromatic rings. The van der Waals surface area contributed by atoms with Crippen LogP contribution in [0.2, 0.25) is 5.02 Å². The summed E-state index contributed by atoms with van der Waals surface area (Å²) in [4.78, 5) is 0. The van der Waals surface area contributed by atoms with Crippen LogP contribution in [0, 0.1) is 6.92 Å². The number of hydrogen-bond acceptors (Lipinski definition) is 2. The Morgan fingerprint density at radius 2 is 1.95 bits per heavy atom. The van der Waals surface area contributed by atoms with Gasteiger partial charge in [0.2, 0.25) is 0 Å². The van der Waals surface area contributed by atoms with Gasteiger partial charge in [0.1, 0.15) is 0 Å². The maximum atomic E-state index is 10.6. The minimum absolute atomic E-state index is 0.172. The largest absolute Gasteiger partial charge is 0.388 e. The SMILES string of the molecule is Cc1cc(C(O)C(CN)c2cccc(Cl)c2)ccc1Br. The van der Waals surface area contributed by atoms with Crippen LogP contribution in [-0.4, -0.2) is 11.7 Å². The van der Waals surface area contributed by atoms with Crippen molar-refractivity contribution in [3.05, 3.63) is 68.7 Å². The lowest BCUT2D eigenvalue weighted by Gasteiger charge is -2.23.